The molecule has 2 fully saturated rings. The van der Waals surface area contributed by atoms with Gasteiger partial charge >= 0.3 is 0 Å². The molecule has 2 heterocycles. The monoisotopic (exact) mass is 281 g/mol. The predicted molar refractivity (Wildman–Crippen MR) is 82.7 cm³/mol. The second-order valence-electron chi connectivity index (χ2n) is 6.41. The average molecular weight is 281 g/mol. The topological polar surface area (TPSA) is 35.6 Å². The molecule has 1 amide bonds. The van der Waals surface area contributed by atoms with E-state index < -0.39 is 0 Å². The van der Waals surface area contributed by atoms with Gasteiger partial charge in [-0.1, -0.05) is 20.8 Å². The number of nitrogens with zero attached hydrogens (tertiary/aromatic N) is 2. The molecule has 2 aliphatic heterocycles. The van der Waals surface area contributed by atoms with Gasteiger partial charge in [-0.15, -0.1) is 0 Å². The highest BCUT2D eigenvalue weighted by atomic mass is 16.2. The Morgan fingerprint density at radius 3 is 2.40 bits per heavy atom. The van der Waals surface area contributed by atoms with Crippen molar-refractivity contribution in [1.82, 2.24) is 15.1 Å². The van der Waals surface area contributed by atoms with Gasteiger partial charge in [0.15, 0.2) is 0 Å². The highest BCUT2D eigenvalue weighted by Gasteiger charge is 2.31. The SMILES string of the molecule is CCN(CC)C1CCN(C(=O)C2CC(C)CCN2)CC1. The van der Waals surface area contributed by atoms with Crippen LogP contribution in [0.15, 0.2) is 0 Å². The van der Waals surface area contributed by atoms with E-state index in [0.29, 0.717) is 17.9 Å². The Kier molecular flexibility index (Phi) is 5.85. The zero-order valence-corrected chi connectivity index (χ0v) is 13.4. The third-order valence-corrected chi connectivity index (χ3v) is 5.07. The molecule has 2 aliphatic rings. The molecule has 0 aromatic rings. The van der Waals surface area contributed by atoms with E-state index in [2.05, 4.69) is 35.9 Å². The lowest BCUT2D eigenvalue weighted by Crippen LogP contribution is -2.53. The number of likely N-dealkylation sites (tertiary alicyclic amines) is 1. The van der Waals surface area contributed by atoms with Crippen molar-refractivity contribution in [2.45, 2.75) is 58.5 Å². The number of carbonyl (C=O) groups excluding carboxylic acids is 1. The van der Waals surface area contributed by atoms with Crippen molar-refractivity contribution in [1.29, 1.82) is 0 Å². The van der Waals surface area contributed by atoms with E-state index in [1.807, 2.05) is 0 Å². The molecular weight excluding hydrogens is 250 g/mol. The molecule has 116 valence electrons. The minimum Gasteiger partial charge on any atom is -0.341 e. The zero-order chi connectivity index (χ0) is 14.5. The molecule has 20 heavy (non-hydrogen) atoms. The maximum Gasteiger partial charge on any atom is 0.239 e. The van der Waals surface area contributed by atoms with Gasteiger partial charge in [-0.2, -0.15) is 0 Å². The molecule has 0 aromatic carbocycles. The first-order chi connectivity index (χ1) is 9.65. The van der Waals surface area contributed by atoms with Crippen LogP contribution in [0.5, 0.6) is 0 Å². The van der Waals surface area contributed by atoms with Crippen LogP contribution in [0, 0.1) is 5.92 Å². The molecule has 0 aliphatic carbocycles. The Balaban J connectivity index is 1.82. The molecule has 0 bridgehead atoms. The summed E-state index contributed by atoms with van der Waals surface area (Å²) in [5, 5.41) is 3.40. The number of carbonyl (C=O) groups is 1. The molecule has 2 unspecified atom stereocenters. The third-order valence-electron chi connectivity index (χ3n) is 5.07. The van der Waals surface area contributed by atoms with Crippen LogP contribution < -0.4 is 5.32 Å². The van der Waals surface area contributed by atoms with Gasteiger partial charge in [-0.05, 0) is 51.2 Å². The number of rotatable bonds is 4. The summed E-state index contributed by atoms with van der Waals surface area (Å²) in [5.74, 6) is 1.02. The maximum absolute atomic E-state index is 12.6. The molecule has 0 spiro atoms. The Labute approximate surface area is 123 Å². The molecule has 2 rings (SSSR count). The van der Waals surface area contributed by atoms with E-state index in [1.165, 1.54) is 6.42 Å². The summed E-state index contributed by atoms with van der Waals surface area (Å²) in [5.41, 5.74) is 0. The first-order valence-electron chi connectivity index (χ1n) is 8.41. The Hall–Kier alpha value is -0.610. The van der Waals surface area contributed by atoms with E-state index in [-0.39, 0.29) is 6.04 Å². The molecular formula is C16H31N3O. The van der Waals surface area contributed by atoms with Gasteiger partial charge in [0.1, 0.15) is 0 Å². The van der Waals surface area contributed by atoms with Crippen molar-refractivity contribution >= 4 is 5.91 Å². The normalized spacial score (nSPS) is 28.9. The Bertz CT molecular complexity index is 309. The molecule has 1 N–H and O–H groups in total. The van der Waals surface area contributed by atoms with Crippen molar-refractivity contribution in [2.24, 2.45) is 5.92 Å². The highest BCUT2D eigenvalue weighted by molar-refractivity contribution is 5.82. The van der Waals surface area contributed by atoms with E-state index >= 15 is 0 Å². The molecule has 2 atom stereocenters. The molecule has 0 aromatic heterocycles. The minimum atomic E-state index is 0.0729. The van der Waals surface area contributed by atoms with Crippen LogP contribution in [0.3, 0.4) is 0 Å². The van der Waals surface area contributed by atoms with Gasteiger partial charge < -0.3 is 15.1 Å². The summed E-state index contributed by atoms with van der Waals surface area (Å²) in [6, 6.07) is 0.746. The number of nitrogens with one attached hydrogen (secondary N) is 1. The summed E-state index contributed by atoms with van der Waals surface area (Å²) >= 11 is 0. The molecule has 4 nitrogen and oxygen atoms in total. The van der Waals surface area contributed by atoms with Crippen molar-refractivity contribution in [3.63, 3.8) is 0 Å². The number of amides is 1. The second kappa shape index (κ2) is 7.41. The zero-order valence-electron chi connectivity index (χ0n) is 13.4. The van der Waals surface area contributed by atoms with Gasteiger partial charge in [0.25, 0.3) is 0 Å². The van der Waals surface area contributed by atoms with Crippen LogP contribution >= 0.6 is 0 Å². The van der Waals surface area contributed by atoms with Crippen molar-refractivity contribution in [3.05, 3.63) is 0 Å². The van der Waals surface area contributed by atoms with Crippen LogP contribution in [0.4, 0.5) is 0 Å². The summed E-state index contributed by atoms with van der Waals surface area (Å²) in [6.07, 6.45) is 4.48. The lowest BCUT2D eigenvalue weighted by Gasteiger charge is -2.39. The van der Waals surface area contributed by atoms with Crippen LogP contribution in [-0.2, 0) is 4.79 Å². The summed E-state index contributed by atoms with van der Waals surface area (Å²) in [7, 11) is 0. The standard InChI is InChI=1S/C16H31N3O/c1-4-18(5-2)14-7-10-19(11-8-14)16(20)15-12-13(3)6-9-17-15/h13-15,17H,4-12H2,1-3H3. The first kappa shape index (κ1) is 15.8. The quantitative estimate of drug-likeness (QED) is 0.852. The van der Waals surface area contributed by atoms with Gasteiger partial charge in [0.05, 0.1) is 6.04 Å². The molecule has 0 radical (unpaired) electrons. The average Bonchev–Trinajstić information content (AvgIpc) is 2.48. The number of hydrogen-bond donors (Lipinski definition) is 1. The summed E-state index contributed by atoms with van der Waals surface area (Å²) < 4.78 is 0. The van der Waals surface area contributed by atoms with Crippen LogP contribution in [-0.4, -0.2) is 60.5 Å². The fourth-order valence-corrected chi connectivity index (χ4v) is 3.71. The van der Waals surface area contributed by atoms with Crippen LogP contribution in [0.2, 0.25) is 0 Å². The fourth-order valence-electron chi connectivity index (χ4n) is 3.71. The van der Waals surface area contributed by atoms with Gasteiger partial charge in [-0.3, -0.25) is 4.79 Å². The molecule has 2 saturated heterocycles. The second-order valence-corrected chi connectivity index (χ2v) is 6.41. The highest BCUT2D eigenvalue weighted by Crippen LogP contribution is 2.20. The number of piperidine rings is 2. The van der Waals surface area contributed by atoms with Crippen molar-refractivity contribution in [2.75, 3.05) is 32.7 Å². The van der Waals surface area contributed by atoms with Crippen molar-refractivity contribution in [3.8, 4) is 0 Å². The molecule has 0 saturated carbocycles. The number of hydrogen-bond acceptors (Lipinski definition) is 3. The Morgan fingerprint density at radius 2 is 1.85 bits per heavy atom. The predicted octanol–water partition coefficient (Wildman–Crippen LogP) is 1.71. The van der Waals surface area contributed by atoms with Crippen LogP contribution in [0.1, 0.15) is 46.5 Å². The minimum absolute atomic E-state index is 0.0729. The smallest absolute Gasteiger partial charge is 0.239 e. The lowest BCUT2D eigenvalue weighted by molar-refractivity contribution is -0.136. The summed E-state index contributed by atoms with van der Waals surface area (Å²) in [6.45, 7) is 11.8. The van der Waals surface area contributed by atoms with Gasteiger partial charge in [0, 0.05) is 19.1 Å². The maximum atomic E-state index is 12.6. The summed E-state index contributed by atoms with van der Waals surface area (Å²) in [4.78, 5) is 17.2. The first-order valence-corrected chi connectivity index (χ1v) is 8.41. The van der Waals surface area contributed by atoms with Crippen LogP contribution in [0.25, 0.3) is 0 Å². The molecule has 4 heteroatoms. The van der Waals surface area contributed by atoms with Gasteiger partial charge in [0.2, 0.25) is 5.91 Å². The lowest BCUT2D eigenvalue weighted by atomic mass is 9.93. The van der Waals surface area contributed by atoms with Crippen molar-refractivity contribution < 1.29 is 4.79 Å². The Morgan fingerprint density at radius 1 is 1.20 bits per heavy atom. The fraction of sp³-hybridized carbons (Fsp3) is 0.938. The van der Waals surface area contributed by atoms with Gasteiger partial charge in [-0.25, -0.2) is 0 Å². The third kappa shape index (κ3) is 3.73. The van der Waals surface area contributed by atoms with E-state index in [1.54, 1.807) is 0 Å². The van der Waals surface area contributed by atoms with E-state index in [9.17, 15) is 4.79 Å². The van der Waals surface area contributed by atoms with E-state index in [0.717, 1.165) is 52.0 Å². The largest absolute Gasteiger partial charge is 0.341 e. The van der Waals surface area contributed by atoms with E-state index in [4.69, 9.17) is 0 Å².